The zero-order chi connectivity index (χ0) is 7.40. The van der Waals surface area contributed by atoms with E-state index in [1.54, 1.807) is 0 Å². The van der Waals surface area contributed by atoms with Crippen LogP contribution < -0.4 is 0 Å². The van der Waals surface area contributed by atoms with E-state index < -0.39 is 0 Å². The fourth-order valence-electron chi connectivity index (χ4n) is 1.46. The summed E-state index contributed by atoms with van der Waals surface area (Å²) < 4.78 is 0. The number of rotatable bonds is 2. The number of alkyl halides is 1. The Morgan fingerprint density at radius 2 is 1.90 bits per heavy atom. The molecule has 0 aromatic heterocycles. The van der Waals surface area contributed by atoms with Crippen LogP contribution in [-0.4, -0.2) is 29.9 Å². The maximum absolute atomic E-state index is 5.74. The average Bonchev–Trinajstić information content (AvgIpc) is 2.05. The predicted octanol–water partition coefficient (Wildman–Crippen LogP) is 2.10. The van der Waals surface area contributed by atoms with Crippen LogP contribution in [0.25, 0.3) is 0 Å². The maximum Gasteiger partial charge on any atom is 0.0376 e. The molecule has 1 aliphatic rings. The summed E-state index contributed by atoms with van der Waals surface area (Å²) in [5, 5.41) is 0. The fraction of sp³-hybridized carbons (Fsp3) is 1.00. The van der Waals surface area contributed by atoms with Gasteiger partial charge in [0.15, 0.2) is 0 Å². The molecule has 1 atom stereocenters. The summed E-state index contributed by atoms with van der Waals surface area (Å²) in [5.41, 5.74) is 0. The van der Waals surface area contributed by atoms with Crippen molar-refractivity contribution >= 4 is 11.6 Å². The number of nitrogens with zero attached hydrogens (tertiary/aromatic N) is 1. The minimum absolute atomic E-state index is 0.585. The van der Waals surface area contributed by atoms with E-state index in [4.69, 9.17) is 11.6 Å². The molecule has 0 radical (unpaired) electrons. The molecule has 0 N–H and O–H groups in total. The Balaban J connectivity index is 2.24. The van der Waals surface area contributed by atoms with Gasteiger partial charge >= 0.3 is 0 Å². The lowest BCUT2D eigenvalue weighted by Crippen LogP contribution is -2.38. The Kier molecular flexibility index (Phi) is 3.50. The summed E-state index contributed by atoms with van der Waals surface area (Å²) in [6, 6.07) is 0.585. The van der Waals surface area contributed by atoms with Gasteiger partial charge < -0.3 is 0 Å². The molecule has 60 valence electrons. The summed E-state index contributed by atoms with van der Waals surface area (Å²) in [6.45, 7) is 4.72. The van der Waals surface area contributed by atoms with Crippen molar-refractivity contribution in [1.29, 1.82) is 0 Å². The first-order chi connectivity index (χ1) is 4.84. The van der Waals surface area contributed by atoms with Crippen LogP contribution in [0.5, 0.6) is 0 Å². The number of piperidine rings is 1. The molecule has 0 aliphatic carbocycles. The molecule has 1 saturated heterocycles. The molecule has 1 fully saturated rings. The molecule has 1 aliphatic heterocycles. The van der Waals surface area contributed by atoms with Gasteiger partial charge in [0.1, 0.15) is 0 Å². The molecule has 0 saturated carbocycles. The van der Waals surface area contributed by atoms with Crippen LogP contribution in [0.2, 0.25) is 0 Å². The van der Waals surface area contributed by atoms with E-state index >= 15 is 0 Å². The molecule has 2 heteroatoms. The van der Waals surface area contributed by atoms with Gasteiger partial charge in [-0.25, -0.2) is 0 Å². The topological polar surface area (TPSA) is 3.24 Å². The second kappa shape index (κ2) is 4.20. The summed E-state index contributed by atoms with van der Waals surface area (Å²) in [7, 11) is 0. The highest BCUT2D eigenvalue weighted by molar-refractivity contribution is 6.18. The lowest BCUT2D eigenvalue weighted by Gasteiger charge is -2.30. The molecular weight excluding hydrogens is 146 g/mol. The van der Waals surface area contributed by atoms with Gasteiger partial charge in [-0.1, -0.05) is 6.42 Å². The van der Waals surface area contributed by atoms with Gasteiger partial charge in [-0.05, 0) is 32.9 Å². The van der Waals surface area contributed by atoms with Crippen molar-refractivity contribution in [3.8, 4) is 0 Å². The van der Waals surface area contributed by atoms with Crippen molar-refractivity contribution in [2.45, 2.75) is 32.2 Å². The van der Waals surface area contributed by atoms with Gasteiger partial charge in [0.25, 0.3) is 0 Å². The van der Waals surface area contributed by atoms with Crippen molar-refractivity contribution in [2.75, 3.05) is 19.0 Å². The Bertz CT molecular complexity index is 89.3. The third-order valence-corrected chi connectivity index (χ3v) is 2.68. The SMILES string of the molecule is C[C@H](CCl)N1CCCCC1. The Labute approximate surface area is 68.4 Å². The van der Waals surface area contributed by atoms with Gasteiger partial charge in [0.2, 0.25) is 0 Å². The molecule has 1 heterocycles. The minimum atomic E-state index is 0.585. The first-order valence-electron chi connectivity index (χ1n) is 4.14. The third-order valence-electron chi connectivity index (χ3n) is 2.24. The van der Waals surface area contributed by atoms with E-state index in [2.05, 4.69) is 11.8 Å². The normalized spacial score (nSPS) is 24.6. The number of halogens is 1. The van der Waals surface area contributed by atoms with Gasteiger partial charge in [-0.3, -0.25) is 4.90 Å². The first kappa shape index (κ1) is 8.35. The fourth-order valence-corrected chi connectivity index (χ4v) is 1.65. The van der Waals surface area contributed by atoms with Crippen LogP contribution in [-0.2, 0) is 0 Å². The zero-order valence-electron chi connectivity index (χ0n) is 6.65. The largest absolute Gasteiger partial charge is 0.299 e. The average molecular weight is 162 g/mol. The lowest BCUT2D eigenvalue weighted by atomic mass is 10.1. The zero-order valence-corrected chi connectivity index (χ0v) is 7.40. The molecule has 0 aromatic carbocycles. The van der Waals surface area contributed by atoms with Crippen molar-refractivity contribution in [3.63, 3.8) is 0 Å². The smallest absolute Gasteiger partial charge is 0.0376 e. The molecule has 1 rings (SSSR count). The van der Waals surface area contributed by atoms with Gasteiger partial charge in [0, 0.05) is 11.9 Å². The van der Waals surface area contributed by atoms with Gasteiger partial charge in [-0.15, -0.1) is 11.6 Å². The van der Waals surface area contributed by atoms with Crippen LogP contribution in [0.3, 0.4) is 0 Å². The van der Waals surface area contributed by atoms with Crippen molar-refractivity contribution in [2.24, 2.45) is 0 Å². The molecular formula is C8H16ClN. The monoisotopic (exact) mass is 161 g/mol. The first-order valence-corrected chi connectivity index (χ1v) is 4.68. The maximum atomic E-state index is 5.74. The number of hydrogen-bond donors (Lipinski definition) is 0. The molecule has 0 aromatic rings. The molecule has 0 spiro atoms. The molecule has 1 nitrogen and oxygen atoms in total. The van der Waals surface area contributed by atoms with Crippen LogP contribution >= 0.6 is 11.6 Å². The van der Waals surface area contributed by atoms with Crippen LogP contribution in [0, 0.1) is 0 Å². The van der Waals surface area contributed by atoms with Crippen molar-refractivity contribution in [3.05, 3.63) is 0 Å². The predicted molar refractivity (Wildman–Crippen MR) is 45.6 cm³/mol. The summed E-state index contributed by atoms with van der Waals surface area (Å²) >= 11 is 5.74. The van der Waals surface area contributed by atoms with E-state index in [0.717, 1.165) is 5.88 Å². The molecule has 10 heavy (non-hydrogen) atoms. The van der Waals surface area contributed by atoms with Crippen LogP contribution in [0.1, 0.15) is 26.2 Å². The van der Waals surface area contributed by atoms with Gasteiger partial charge in [-0.2, -0.15) is 0 Å². The summed E-state index contributed by atoms with van der Waals surface area (Å²) in [6.07, 6.45) is 4.13. The van der Waals surface area contributed by atoms with E-state index in [0.29, 0.717) is 6.04 Å². The van der Waals surface area contributed by atoms with Crippen LogP contribution in [0.15, 0.2) is 0 Å². The minimum Gasteiger partial charge on any atom is -0.299 e. The highest BCUT2D eigenvalue weighted by Gasteiger charge is 2.14. The van der Waals surface area contributed by atoms with Crippen molar-refractivity contribution in [1.82, 2.24) is 4.90 Å². The highest BCUT2D eigenvalue weighted by Crippen LogP contribution is 2.12. The van der Waals surface area contributed by atoms with Gasteiger partial charge in [0.05, 0.1) is 0 Å². The second-order valence-electron chi connectivity index (χ2n) is 3.10. The van der Waals surface area contributed by atoms with E-state index in [-0.39, 0.29) is 0 Å². The molecule has 0 bridgehead atoms. The Hall–Kier alpha value is 0.250. The number of hydrogen-bond acceptors (Lipinski definition) is 1. The number of likely N-dealkylation sites (tertiary alicyclic amines) is 1. The van der Waals surface area contributed by atoms with E-state index in [9.17, 15) is 0 Å². The summed E-state index contributed by atoms with van der Waals surface area (Å²) in [5.74, 6) is 0.778. The van der Waals surface area contributed by atoms with Crippen molar-refractivity contribution < 1.29 is 0 Å². The molecule has 0 amide bonds. The summed E-state index contributed by atoms with van der Waals surface area (Å²) in [4.78, 5) is 2.48. The third kappa shape index (κ3) is 2.14. The highest BCUT2D eigenvalue weighted by atomic mass is 35.5. The van der Waals surface area contributed by atoms with E-state index in [1.165, 1.54) is 32.4 Å². The second-order valence-corrected chi connectivity index (χ2v) is 3.41. The van der Waals surface area contributed by atoms with E-state index in [1.807, 2.05) is 0 Å². The lowest BCUT2D eigenvalue weighted by molar-refractivity contribution is 0.187. The Morgan fingerprint density at radius 3 is 2.40 bits per heavy atom. The quantitative estimate of drug-likeness (QED) is 0.561. The van der Waals surface area contributed by atoms with Crippen LogP contribution in [0.4, 0.5) is 0 Å². The standard InChI is InChI=1S/C8H16ClN/c1-8(7-9)10-5-3-2-4-6-10/h8H,2-7H2,1H3/t8-/m1/s1. The molecule has 0 unspecified atom stereocenters. The Morgan fingerprint density at radius 1 is 1.30 bits per heavy atom.